The monoisotopic (exact) mass is 265 g/mol. The predicted molar refractivity (Wildman–Crippen MR) is 88.8 cm³/mol. The lowest BCUT2D eigenvalue weighted by Gasteiger charge is -2.20. The van der Waals surface area contributed by atoms with Gasteiger partial charge in [-0.05, 0) is 98.2 Å². The molecule has 0 aliphatic carbocycles. The summed E-state index contributed by atoms with van der Waals surface area (Å²) in [7, 11) is 0. The van der Waals surface area contributed by atoms with Crippen LogP contribution in [0.15, 0.2) is 4.99 Å². The van der Waals surface area contributed by atoms with Crippen LogP contribution in [0.25, 0.3) is 10.8 Å². The number of hydrogen-bond donors (Lipinski definition) is 0. The van der Waals surface area contributed by atoms with Crippen LogP contribution in [0.1, 0.15) is 45.9 Å². The molecule has 0 saturated heterocycles. The molecule has 1 heteroatoms. The van der Waals surface area contributed by atoms with E-state index in [4.69, 9.17) is 4.99 Å². The molecule has 0 radical (unpaired) electrons. The average molecular weight is 265 g/mol. The minimum absolute atomic E-state index is 1.01. The number of aryl methyl sites for hydroxylation is 3. The highest BCUT2D eigenvalue weighted by atomic mass is 14.8. The smallest absolute Gasteiger partial charge is 0.0703 e. The van der Waals surface area contributed by atoms with Gasteiger partial charge in [0.1, 0.15) is 0 Å². The molecular formula is C19H23N. The van der Waals surface area contributed by atoms with E-state index in [-0.39, 0.29) is 0 Å². The van der Waals surface area contributed by atoms with E-state index in [1.54, 1.807) is 0 Å². The second-order valence-electron chi connectivity index (χ2n) is 6.35. The molecule has 0 fully saturated rings. The van der Waals surface area contributed by atoms with Crippen molar-refractivity contribution in [2.45, 2.75) is 54.9 Å². The van der Waals surface area contributed by atoms with Gasteiger partial charge in [0.15, 0.2) is 0 Å². The van der Waals surface area contributed by atoms with Crippen molar-refractivity contribution in [1.82, 2.24) is 0 Å². The lowest BCUT2D eigenvalue weighted by molar-refractivity contribution is 1.22. The number of nitrogens with zero attached hydrogens (tertiary/aromatic N) is 1. The van der Waals surface area contributed by atoms with Gasteiger partial charge in [-0.15, -0.1) is 0 Å². The predicted octanol–water partition coefficient (Wildman–Crippen LogP) is 5.34. The highest BCUT2D eigenvalue weighted by Crippen LogP contribution is 2.43. The van der Waals surface area contributed by atoms with Crippen molar-refractivity contribution >= 4 is 22.2 Å². The molecule has 0 amide bonds. The first-order valence-corrected chi connectivity index (χ1v) is 7.40. The van der Waals surface area contributed by atoms with Crippen LogP contribution in [0.2, 0.25) is 0 Å². The van der Waals surface area contributed by atoms with E-state index in [1.165, 1.54) is 61.1 Å². The first-order chi connectivity index (χ1) is 9.34. The van der Waals surface area contributed by atoms with Gasteiger partial charge in [-0.3, -0.25) is 4.99 Å². The molecule has 0 unspecified atom stereocenters. The lowest BCUT2D eigenvalue weighted by Crippen LogP contribution is -2.01. The average Bonchev–Trinajstić information content (AvgIpc) is 2.79. The van der Waals surface area contributed by atoms with Gasteiger partial charge in [-0.25, -0.2) is 0 Å². The summed E-state index contributed by atoms with van der Waals surface area (Å²) in [5, 5.41) is 2.93. The lowest BCUT2D eigenvalue weighted by atomic mass is 9.84. The third-order valence-electron chi connectivity index (χ3n) is 5.30. The summed E-state index contributed by atoms with van der Waals surface area (Å²) < 4.78 is 0. The van der Waals surface area contributed by atoms with E-state index in [0.29, 0.717) is 0 Å². The Kier molecular flexibility index (Phi) is 2.79. The highest BCUT2D eigenvalue weighted by molar-refractivity contribution is 6.06. The Morgan fingerprint density at radius 3 is 1.70 bits per heavy atom. The van der Waals surface area contributed by atoms with Crippen molar-refractivity contribution in [3.05, 3.63) is 38.9 Å². The van der Waals surface area contributed by atoms with Gasteiger partial charge < -0.3 is 0 Å². The summed E-state index contributed by atoms with van der Waals surface area (Å²) >= 11 is 0. The summed E-state index contributed by atoms with van der Waals surface area (Å²) in [5.41, 5.74) is 12.4. The first kappa shape index (κ1) is 13.4. The van der Waals surface area contributed by atoms with Gasteiger partial charge in [-0.1, -0.05) is 0 Å². The van der Waals surface area contributed by atoms with E-state index in [9.17, 15) is 0 Å². The molecule has 0 bridgehead atoms. The van der Waals surface area contributed by atoms with Crippen LogP contribution in [0.5, 0.6) is 0 Å². The van der Waals surface area contributed by atoms with Gasteiger partial charge in [0, 0.05) is 12.1 Å². The SMILES string of the molecule is CC1=Nc2c(C)c(C)c3c(C)c(C)c(C)c(C)c3c2C1. The Labute approximate surface area is 121 Å². The molecule has 1 nitrogen and oxygen atoms in total. The number of aliphatic imine (C=N–C) groups is 1. The van der Waals surface area contributed by atoms with Crippen molar-refractivity contribution in [3.8, 4) is 0 Å². The first-order valence-electron chi connectivity index (χ1n) is 7.40. The van der Waals surface area contributed by atoms with E-state index in [1.807, 2.05) is 0 Å². The van der Waals surface area contributed by atoms with E-state index in [0.717, 1.165) is 6.42 Å². The summed E-state index contributed by atoms with van der Waals surface area (Å²) in [6.07, 6.45) is 1.01. The van der Waals surface area contributed by atoms with Crippen molar-refractivity contribution < 1.29 is 0 Å². The molecule has 1 heterocycles. The van der Waals surface area contributed by atoms with Gasteiger partial charge in [0.2, 0.25) is 0 Å². The van der Waals surface area contributed by atoms with Crippen LogP contribution in [0.4, 0.5) is 5.69 Å². The molecule has 104 valence electrons. The topological polar surface area (TPSA) is 12.4 Å². The van der Waals surface area contributed by atoms with Crippen molar-refractivity contribution in [1.29, 1.82) is 0 Å². The summed E-state index contributed by atoms with van der Waals surface area (Å²) in [6.45, 7) is 15.7. The van der Waals surface area contributed by atoms with Crippen molar-refractivity contribution in [2.24, 2.45) is 4.99 Å². The standard InChI is InChI=1S/C19H23N/c1-9-8-16-18-13(5)11(3)10(2)12(4)17(18)14(6)15(7)19(16)20-9/h8H2,1-7H3. The van der Waals surface area contributed by atoms with Gasteiger partial charge in [0.25, 0.3) is 0 Å². The molecule has 0 atom stereocenters. The number of rotatable bonds is 0. The Bertz CT molecular complexity index is 792. The zero-order chi connectivity index (χ0) is 14.8. The van der Waals surface area contributed by atoms with Crippen LogP contribution < -0.4 is 0 Å². The Morgan fingerprint density at radius 2 is 1.10 bits per heavy atom. The largest absolute Gasteiger partial charge is 0.257 e. The Hall–Kier alpha value is -1.63. The van der Waals surface area contributed by atoms with Crippen LogP contribution in [-0.4, -0.2) is 5.71 Å². The molecule has 0 saturated carbocycles. The number of hydrogen-bond acceptors (Lipinski definition) is 1. The quantitative estimate of drug-likeness (QED) is 0.609. The molecular weight excluding hydrogens is 242 g/mol. The summed E-state index contributed by atoms with van der Waals surface area (Å²) in [5.74, 6) is 0. The van der Waals surface area contributed by atoms with Gasteiger partial charge in [-0.2, -0.15) is 0 Å². The molecule has 2 aromatic rings. The van der Waals surface area contributed by atoms with Crippen LogP contribution in [0, 0.1) is 41.5 Å². The van der Waals surface area contributed by atoms with Crippen LogP contribution >= 0.6 is 0 Å². The minimum atomic E-state index is 1.01. The molecule has 1 aliphatic rings. The minimum Gasteiger partial charge on any atom is -0.257 e. The second kappa shape index (κ2) is 4.18. The number of benzene rings is 2. The Balaban J connectivity index is 2.61. The molecule has 3 rings (SSSR count). The number of fused-ring (bicyclic) bond motifs is 3. The normalized spacial score (nSPS) is 13.8. The summed E-state index contributed by atoms with van der Waals surface area (Å²) in [6, 6.07) is 0. The van der Waals surface area contributed by atoms with Crippen molar-refractivity contribution in [3.63, 3.8) is 0 Å². The maximum atomic E-state index is 4.80. The maximum absolute atomic E-state index is 4.80. The molecule has 1 aliphatic heterocycles. The van der Waals surface area contributed by atoms with Crippen molar-refractivity contribution in [2.75, 3.05) is 0 Å². The van der Waals surface area contributed by atoms with E-state index < -0.39 is 0 Å². The third kappa shape index (κ3) is 1.52. The molecule has 2 aromatic carbocycles. The third-order valence-corrected chi connectivity index (χ3v) is 5.30. The Morgan fingerprint density at radius 1 is 0.600 bits per heavy atom. The fraction of sp³-hybridized carbons (Fsp3) is 0.421. The highest BCUT2D eigenvalue weighted by Gasteiger charge is 2.23. The van der Waals surface area contributed by atoms with E-state index >= 15 is 0 Å². The molecule has 0 spiro atoms. The second-order valence-corrected chi connectivity index (χ2v) is 6.35. The van der Waals surface area contributed by atoms with Crippen LogP contribution in [0.3, 0.4) is 0 Å². The summed E-state index contributed by atoms with van der Waals surface area (Å²) in [4.78, 5) is 4.80. The van der Waals surface area contributed by atoms with Crippen LogP contribution in [-0.2, 0) is 6.42 Å². The zero-order valence-corrected chi connectivity index (χ0v) is 13.7. The van der Waals surface area contributed by atoms with E-state index in [2.05, 4.69) is 48.5 Å². The van der Waals surface area contributed by atoms with Gasteiger partial charge in [0.05, 0.1) is 5.69 Å². The molecule has 0 aromatic heterocycles. The fourth-order valence-electron chi connectivity index (χ4n) is 3.68. The fourth-order valence-corrected chi connectivity index (χ4v) is 3.68. The molecule has 20 heavy (non-hydrogen) atoms. The zero-order valence-electron chi connectivity index (χ0n) is 13.7. The van der Waals surface area contributed by atoms with Gasteiger partial charge >= 0.3 is 0 Å². The molecule has 0 N–H and O–H groups in total. The maximum Gasteiger partial charge on any atom is 0.0703 e.